The smallest absolute Gasteiger partial charge is 0.222 e. The minimum atomic E-state index is 0.268. The molecular weight excluding hydrogens is 297 g/mol. The van der Waals surface area contributed by atoms with Gasteiger partial charge >= 0.3 is 0 Å². The highest BCUT2D eigenvalue weighted by Crippen LogP contribution is 2.24. The number of rotatable bonds is 5. The zero-order valence-corrected chi connectivity index (χ0v) is 13.1. The van der Waals surface area contributed by atoms with E-state index in [0.29, 0.717) is 23.0 Å². The van der Waals surface area contributed by atoms with E-state index in [-0.39, 0.29) is 5.91 Å². The van der Waals surface area contributed by atoms with E-state index in [9.17, 15) is 4.79 Å². The Labute approximate surface area is 129 Å². The van der Waals surface area contributed by atoms with E-state index >= 15 is 0 Å². The van der Waals surface area contributed by atoms with E-state index in [2.05, 4.69) is 9.88 Å². The lowest BCUT2D eigenvalue weighted by atomic mass is 10.1. The third-order valence-corrected chi connectivity index (χ3v) is 4.20. The van der Waals surface area contributed by atoms with Gasteiger partial charge in [0.25, 0.3) is 0 Å². The van der Waals surface area contributed by atoms with Crippen LogP contribution in [0.2, 0.25) is 10.0 Å². The van der Waals surface area contributed by atoms with Crippen LogP contribution in [0.25, 0.3) is 0 Å². The summed E-state index contributed by atoms with van der Waals surface area (Å²) in [5, 5.41) is 1.16. The number of piperidine rings is 1. The summed E-state index contributed by atoms with van der Waals surface area (Å²) in [4.78, 5) is 19.7. The second-order valence-corrected chi connectivity index (χ2v) is 5.97. The van der Waals surface area contributed by atoms with Gasteiger partial charge in [-0.2, -0.15) is 0 Å². The van der Waals surface area contributed by atoms with Crippen molar-refractivity contribution >= 4 is 29.1 Å². The Kier molecular flexibility index (Phi) is 5.64. The van der Waals surface area contributed by atoms with Gasteiger partial charge < -0.3 is 9.80 Å². The van der Waals surface area contributed by atoms with Gasteiger partial charge in [0.2, 0.25) is 5.91 Å². The number of aromatic nitrogens is 1. The summed E-state index contributed by atoms with van der Waals surface area (Å²) in [5.41, 5.74) is 0.885. The van der Waals surface area contributed by atoms with Crippen LogP contribution in [-0.2, 0) is 11.3 Å². The lowest BCUT2D eigenvalue weighted by Crippen LogP contribution is -2.40. The number of nitrogens with zero attached hydrogens (tertiary/aromatic N) is 3. The summed E-state index contributed by atoms with van der Waals surface area (Å²) in [6, 6.07) is 0. The predicted octanol–water partition coefficient (Wildman–Crippen LogP) is 2.83. The van der Waals surface area contributed by atoms with E-state index < -0.39 is 0 Å². The molecule has 0 aliphatic carbocycles. The first kappa shape index (κ1) is 15.5. The summed E-state index contributed by atoms with van der Waals surface area (Å²) < 4.78 is 0. The molecule has 20 heavy (non-hydrogen) atoms. The Hall–Kier alpha value is -0.840. The molecule has 0 radical (unpaired) electrons. The molecule has 1 aromatic heterocycles. The van der Waals surface area contributed by atoms with E-state index in [1.807, 2.05) is 11.9 Å². The van der Waals surface area contributed by atoms with Crippen LogP contribution in [0.15, 0.2) is 12.4 Å². The number of carbonyl (C=O) groups is 1. The van der Waals surface area contributed by atoms with Gasteiger partial charge in [-0.25, -0.2) is 0 Å². The standard InChI is InChI=1S/C14H19Cl2N3O/c1-18(6-7-19-5-3-2-4-14(19)20)10-11-12(15)8-17-9-13(11)16/h8-9H,2-7,10H2,1H3. The summed E-state index contributed by atoms with van der Waals surface area (Å²) in [6.07, 6.45) is 6.02. The van der Waals surface area contributed by atoms with Crippen LogP contribution in [0.3, 0.4) is 0 Å². The van der Waals surface area contributed by atoms with Crippen LogP contribution < -0.4 is 0 Å². The van der Waals surface area contributed by atoms with E-state index in [1.54, 1.807) is 12.4 Å². The van der Waals surface area contributed by atoms with Gasteiger partial charge in [0.15, 0.2) is 0 Å². The monoisotopic (exact) mass is 315 g/mol. The number of likely N-dealkylation sites (N-methyl/N-ethyl adjacent to an activating group) is 1. The van der Waals surface area contributed by atoms with Crippen molar-refractivity contribution in [2.45, 2.75) is 25.8 Å². The van der Waals surface area contributed by atoms with E-state index in [1.165, 1.54) is 0 Å². The number of hydrogen-bond acceptors (Lipinski definition) is 3. The first-order valence-corrected chi connectivity index (χ1v) is 7.57. The fourth-order valence-corrected chi connectivity index (χ4v) is 2.81. The molecule has 1 aromatic rings. The Morgan fingerprint density at radius 1 is 1.30 bits per heavy atom. The Morgan fingerprint density at radius 2 is 2.00 bits per heavy atom. The van der Waals surface area contributed by atoms with Crippen molar-refractivity contribution in [2.24, 2.45) is 0 Å². The minimum Gasteiger partial charge on any atom is -0.341 e. The lowest BCUT2D eigenvalue weighted by molar-refractivity contribution is -0.133. The molecule has 4 nitrogen and oxygen atoms in total. The first-order chi connectivity index (χ1) is 9.58. The van der Waals surface area contributed by atoms with Crippen LogP contribution in [0.4, 0.5) is 0 Å². The van der Waals surface area contributed by atoms with Gasteiger partial charge in [-0.05, 0) is 19.9 Å². The summed E-state index contributed by atoms with van der Waals surface area (Å²) in [5.74, 6) is 0.268. The van der Waals surface area contributed by atoms with Crippen LogP contribution in [-0.4, -0.2) is 47.4 Å². The molecule has 1 saturated heterocycles. The molecule has 1 fully saturated rings. The number of hydrogen-bond donors (Lipinski definition) is 0. The average molecular weight is 316 g/mol. The van der Waals surface area contributed by atoms with Crippen LogP contribution >= 0.6 is 23.2 Å². The zero-order valence-electron chi connectivity index (χ0n) is 11.6. The minimum absolute atomic E-state index is 0.268. The summed E-state index contributed by atoms with van der Waals surface area (Å²) in [6.45, 7) is 3.10. The van der Waals surface area contributed by atoms with Crippen molar-refractivity contribution in [3.63, 3.8) is 0 Å². The molecule has 0 saturated carbocycles. The van der Waals surface area contributed by atoms with Gasteiger partial charge in [-0.1, -0.05) is 23.2 Å². The Balaban J connectivity index is 1.86. The van der Waals surface area contributed by atoms with E-state index in [4.69, 9.17) is 23.2 Å². The highest BCUT2D eigenvalue weighted by atomic mass is 35.5. The molecule has 0 bridgehead atoms. The third kappa shape index (κ3) is 4.08. The van der Waals surface area contributed by atoms with Crippen molar-refractivity contribution < 1.29 is 4.79 Å². The lowest BCUT2D eigenvalue weighted by Gasteiger charge is -2.29. The largest absolute Gasteiger partial charge is 0.341 e. The molecule has 0 N–H and O–H groups in total. The topological polar surface area (TPSA) is 36.4 Å². The van der Waals surface area contributed by atoms with Gasteiger partial charge in [0.1, 0.15) is 0 Å². The molecule has 0 spiro atoms. The number of likely N-dealkylation sites (tertiary alicyclic amines) is 1. The molecule has 1 aliphatic heterocycles. The highest BCUT2D eigenvalue weighted by Gasteiger charge is 2.18. The van der Waals surface area contributed by atoms with Crippen LogP contribution in [0.1, 0.15) is 24.8 Å². The fraction of sp³-hybridized carbons (Fsp3) is 0.571. The van der Waals surface area contributed by atoms with Gasteiger partial charge in [-0.15, -0.1) is 0 Å². The molecule has 1 amide bonds. The number of pyridine rings is 1. The van der Waals surface area contributed by atoms with Gasteiger partial charge in [0, 0.05) is 50.6 Å². The molecule has 0 atom stereocenters. The first-order valence-electron chi connectivity index (χ1n) is 6.82. The molecule has 2 rings (SSSR count). The van der Waals surface area contributed by atoms with Crippen molar-refractivity contribution in [3.8, 4) is 0 Å². The fourth-order valence-electron chi connectivity index (χ4n) is 2.33. The molecule has 0 aromatic carbocycles. The van der Waals surface area contributed by atoms with Crippen molar-refractivity contribution in [1.29, 1.82) is 0 Å². The molecule has 0 unspecified atom stereocenters. The zero-order chi connectivity index (χ0) is 14.5. The van der Waals surface area contributed by atoms with Gasteiger partial charge in [0.05, 0.1) is 10.0 Å². The third-order valence-electron chi connectivity index (χ3n) is 3.55. The molecule has 110 valence electrons. The number of carbonyl (C=O) groups excluding carboxylic acids is 1. The summed E-state index contributed by atoms with van der Waals surface area (Å²) >= 11 is 12.2. The van der Waals surface area contributed by atoms with Crippen molar-refractivity contribution in [1.82, 2.24) is 14.8 Å². The molecular formula is C14H19Cl2N3O. The maximum atomic E-state index is 11.7. The normalized spacial score (nSPS) is 16.0. The predicted molar refractivity (Wildman–Crippen MR) is 81.0 cm³/mol. The van der Waals surface area contributed by atoms with Crippen LogP contribution in [0, 0.1) is 0 Å². The van der Waals surface area contributed by atoms with Crippen LogP contribution in [0.5, 0.6) is 0 Å². The number of amides is 1. The maximum Gasteiger partial charge on any atom is 0.222 e. The molecule has 1 aliphatic rings. The molecule has 6 heteroatoms. The quantitative estimate of drug-likeness (QED) is 0.838. The Morgan fingerprint density at radius 3 is 2.65 bits per heavy atom. The van der Waals surface area contributed by atoms with Crippen molar-refractivity contribution in [3.05, 3.63) is 28.0 Å². The van der Waals surface area contributed by atoms with Gasteiger partial charge in [-0.3, -0.25) is 9.78 Å². The highest BCUT2D eigenvalue weighted by molar-refractivity contribution is 6.35. The molecule has 2 heterocycles. The second-order valence-electron chi connectivity index (χ2n) is 5.16. The van der Waals surface area contributed by atoms with E-state index in [0.717, 1.165) is 38.0 Å². The summed E-state index contributed by atoms with van der Waals surface area (Å²) in [7, 11) is 2.00. The number of halogens is 2. The average Bonchev–Trinajstić information content (AvgIpc) is 2.42. The SMILES string of the molecule is CN(CCN1CCCCC1=O)Cc1c(Cl)cncc1Cl. The Bertz CT molecular complexity index is 461. The maximum absolute atomic E-state index is 11.7. The second kappa shape index (κ2) is 7.25. The van der Waals surface area contributed by atoms with Crippen molar-refractivity contribution in [2.75, 3.05) is 26.7 Å².